The first-order valence-corrected chi connectivity index (χ1v) is 7.14. The second kappa shape index (κ2) is 9.21. The van der Waals surface area contributed by atoms with E-state index in [0.29, 0.717) is 0 Å². The molecule has 15 heavy (non-hydrogen) atoms. The third-order valence-corrected chi connectivity index (χ3v) is 3.65. The molecule has 0 amide bonds. The van der Waals surface area contributed by atoms with E-state index >= 15 is 0 Å². The summed E-state index contributed by atoms with van der Waals surface area (Å²) in [5, 5.41) is 3.57. The smallest absolute Gasteiger partial charge is 0.00488 e. The van der Waals surface area contributed by atoms with Gasteiger partial charge in [0.1, 0.15) is 0 Å². The van der Waals surface area contributed by atoms with Gasteiger partial charge in [-0.2, -0.15) is 0 Å². The van der Waals surface area contributed by atoms with Gasteiger partial charge in [-0.15, -0.1) is 0 Å². The lowest BCUT2D eigenvalue weighted by Crippen LogP contribution is -2.17. The molecule has 90 valence electrons. The molecule has 0 unspecified atom stereocenters. The highest BCUT2D eigenvalue weighted by Gasteiger charge is 2.13. The van der Waals surface area contributed by atoms with E-state index in [1.807, 2.05) is 0 Å². The van der Waals surface area contributed by atoms with E-state index in [1.165, 1.54) is 77.3 Å². The molecule has 0 spiro atoms. The first-order valence-electron chi connectivity index (χ1n) is 7.14. The van der Waals surface area contributed by atoms with Gasteiger partial charge in [-0.1, -0.05) is 51.9 Å². The molecule has 0 bridgehead atoms. The van der Waals surface area contributed by atoms with E-state index in [-0.39, 0.29) is 0 Å². The topological polar surface area (TPSA) is 12.0 Å². The third-order valence-electron chi connectivity index (χ3n) is 3.65. The summed E-state index contributed by atoms with van der Waals surface area (Å²) in [6.45, 7) is 4.77. The SMILES string of the molecule is CCCCCCNCCCC1CCCC1. The molecule has 0 heterocycles. The summed E-state index contributed by atoms with van der Waals surface area (Å²) in [5.41, 5.74) is 0. The first kappa shape index (κ1) is 13.0. The highest BCUT2D eigenvalue weighted by molar-refractivity contribution is 4.67. The standard InChI is InChI=1S/C14H29N/c1-2-3-4-7-12-15-13-8-11-14-9-5-6-10-14/h14-15H,2-13H2,1H3. The number of hydrogen-bond donors (Lipinski definition) is 1. The second-order valence-corrected chi connectivity index (χ2v) is 5.10. The van der Waals surface area contributed by atoms with Crippen molar-refractivity contribution in [2.24, 2.45) is 5.92 Å². The third kappa shape index (κ3) is 6.94. The Kier molecular flexibility index (Phi) is 7.99. The van der Waals surface area contributed by atoms with Crippen LogP contribution >= 0.6 is 0 Å². The molecule has 1 fully saturated rings. The maximum absolute atomic E-state index is 3.57. The zero-order valence-corrected chi connectivity index (χ0v) is 10.6. The molecular weight excluding hydrogens is 182 g/mol. The molecule has 0 atom stereocenters. The van der Waals surface area contributed by atoms with Gasteiger partial charge in [0, 0.05) is 0 Å². The minimum Gasteiger partial charge on any atom is -0.317 e. The lowest BCUT2D eigenvalue weighted by Gasteiger charge is -2.09. The summed E-state index contributed by atoms with van der Waals surface area (Å²) < 4.78 is 0. The molecule has 1 rings (SSSR count). The molecule has 1 saturated carbocycles. The van der Waals surface area contributed by atoms with E-state index in [2.05, 4.69) is 12.2 Å². The van der Waals surface area contributed by atoms with Gasteiger partial charge < -0.3 is 5.32 Å². The molecule has 0 aromatic rings. The molecular formula is C14H29N. The summed E-state index contributed by atoms with van der Waals surface area (Å²) in [5.74, 6) is 1.08. The molecule has 0 saturated heterocycles. The van der Waals surface area contributed by atoms with Crippen molar-refractivity contribution < 1.29 is 0 Å². The summed E-state index contributed by atoms with van der Waals surface area (Å²) in [7, 11) is 0. The Morgan fingerprint density at radius 2 is 1.67 bits per heavy atom. The van der Waals surface area contributed by atoms with Gasteiger partial charge in [0.15, 0.2) is 0 Å². The van der Waals surface area contributed by atoms with Crippen molar-refractivity contribution in [1.29, 1.82) is 0 Å². The Hall–Kier alpha value is -0.0400. The van der Waals surface area contributed by atoms with Crippen LogP contribution in [0, 0.1) is 5.92 Å². The fraction of sp³-hybridized carbons (Fsp3) is 1.00. The highest BCUT2D eigenvalue weighted by atomic mass is 14.8. The molecule has 1 heteroatoms. The fourth-order valence-electron chi connectivity index (χ4n) is 2.62. The van der Waals surface area contributed by atoms with Crippen LogP contribution in [0.5, 0.6) is 0 Å². The minimum absolute atomic E-state index is 1.08. The fourth-order valence-corrected chi connectivity index (χ4v) is 2.62. The lowest BCUT2D eigenvalue weighted by molar-refractivity contribution is 0.467. The molecule has 1 nitrogen and oxygen atoms in total. The number of hydrogen-bond acceptors (Lipinski definition) is 1. The first-order chi connectivity index (χ1) is 7.43. The van der Waals surface area contributed by atoms with Crippen LogP contribution in [0.15, 0.2) is 0 Å². The van der Waals surface area contributed by atoms with Crippen LogP contribution in [0.3, 0.4) is 0 Å². The Morgan fingerprint density at radius 3 is 2.40 bits per heavy atom. The van der Waals surface area contributed by atoms with Gasteiger partial charge in [-0.05, 0) is 38.3 Å². The van der Waals surface area contributed by atoms with Crippen molar-refractivity contribution in [2.75, 3.05) is 13.1 Å². The van der Waals surface area contributed by atoms with Crippen LogP contribution in [-0.2, 0) is 0 Å². The van der Waals surface area contributed by atoms with Crippen molar-refractivity contribution in [2.45, 2.75) is 71.1 Å². The molecule has 0 aliphatic heterocycles. The molecule has 0 aromatic carbocycles. The van der Waals surface area contributed by atoms with Gasteiger partial charge >= 0.3 is 0 Å². The Labute approximate surface area is 96.0 Å². The van der Waals surface area contributed by atoms with Crippen LogP contribution in [0.2, 0.25) is 0 Å². The maximum atomic E-state index is 3.57. The van der Waals surface area contributed by atoms with Crippen molar-refractivity contribution >= 4 is 0 Å². The van der Waals surface area contributed by atoms with E-state index in [9.17, 15) is 0 Å². The van der Waals surface area contributed by atoms with Gasteiger partial charge in [0.2, 0.25) is 0 Å². The van der Waals surface area contributed by atoms with Crippen molar-refractivity contribution in [1.82, 2.24) is 5.32 Å². The highest BCUT2D eigenvalue weighted by Crippen LogP contribution is 2.28. The summed E-state index contributed by atoms with van der Waals surface area (Å²) in [6.07, 6.45) is 14.4. The predicted molar refractivity (Wildman–Crippen MR) is 68.2 cm³/mol. The van der Waals surface area contributed by atoms with Gasteiger partial charge in [0.05, 0.1) is 0 Å². The number of unbranched alkanes of at least 4 members (excludes halogenated alkanes) is 3. The van der Waals surface area contributed by atoms with Crippen LogP contribution in [0.4, 0.5) is 0 Å². The number of rotatable bonds is 9. The average molecular weight is 211 g/mol. The van der Waals surface area contributed by atoms with Gasteiger partial charge in [-0.25, -0.2) is 0 Å². The normalized spacial score (nSPS) is 17.4. The Bertz CT molecular complexity index is 127. The second-order valence-electron chi connectivity index (χ2n) is 5.10. The minimum atomic E-state index is 1.08. The van der Waals surface area contributed by atoms with Crippen LogP contribution < -0.4 is 5.32 Å². The average Bonchev–Trinajstić information content (AvgIpc) is 2.75. The van der Waals surface area contributed by atoms with Crippen molar-refractivity contribution in [3.63, 3.8) is 0 Å². The van der Waals surface area contributed by atoms with Crippen LogP contribution in [0.1, 0.15) is 71.1 Å². The van der Waals surface area contributed by atoms with Crippen LogP contribution in [-0.4, -0.2) is 13.1 Å². The summed E-state index contributed by atoms with van der Waals surface area (Å²) in [4.78, 5) is 0. The molecule has 0 aromatic heterocycles. The predicted octanol–water partition coefficient (Wildman–Crippen LogP) is 4.13. The van der Waals surface area contributed by atoms with Crippen molar-refractivity contribution in [3.8, 4) is 0 Å². The molecule has 1 N–H and O–H groups in total. The molecule has 0 radical (unpaired) electrons. The van der Waals surface area contributed by atoms with E-state index < -0.39 is 0 Å². The molecule has 1 aliphatic carbocycles. The Morgan fingerprint density at radius 1 is 0.933 bits per heavy atom. The zero-order valence-electron chi connectivity index (χ0n) is 10.6. The van der Waals surface area contributed by atoms with E-state index in [1.54, 1.807) is 0 Å². The van der Waals surface area contributed by atoms with Gasteiger partial charge in [0.25, 0.3) is 0 Å². The monoisotopic (exact) mass is 211 g/mol. The van der Waals surface area contributed by atoms with E-state index in [0.717, 1.165) is 5.92 Å². The quantitative estimate of drug-likeness (QED) is 0.566. The summed E-state index contributed by atoms with van der Waals surface area (Å²) >= 11 is 0. The lowest BCUT2D eigenvalue weighted by atomic mass is 10.0. The number of nitrogens with one attached hydrogen (secondary N) is 1. The Balaban J connectivity index is 1.73. The van der Waals surface area contributed by atoms with Crippen molar-refractivity contribution in [3.05, 3.63) is 0 Å². The van der Waals surface area contributed by atoms with Gasteiger partial charge in [-0.3, -0.25) is 0 Å². The maximum Gasteiger partial charge on any atom is -0.00488 e. The summed E-state index contributed by atoms with van der Waals surface area (Å²) in [6, 6.07) is 0. The van der Waals surface area contributed by atoms with E-state index in [4.69, 9.17) is 0 Å². The largest absolute Gasteiger partial charge is 0.317 e. The zero-order chi connectivity index (χ0) is 10.8. The molecule has 1 aliphatic rings. The van der Waals surface area contributed by atoms with Crippen LogP contribution in [0.25, 0.3) is 0 Å².